The number of likely N-dealkylation sites (N-methyl/N-ethyl adjacent to an activating group) is 1. The molecular weight excluding hydrogens is 461 g/mol. The zero-order chi connectivity index (χ0) is 26.4. The van der Waals surface area contributed by atoms with Gasteiger partial charge in [-0.15, -0.1) is 0 Å². The van der Waals surface area contributed by atoms with Crippen molar-refractivity contribution in [1.29, 1.82) is 0 Å². The van der Waals surface area contributed by atoms with Crippen molar-refractivity contribution >= 4 is 13.6 Å². The standard InChI is InChI=1S/C28H58NO5P/c1-6-8-9-10-11-12-13-14-15-16-17-18-19-20-21-22-27(25-28(30)7-2)26-34-35(31,32)33-24-23-29(3,4)5/h27H,6-26H2,1-5H3/p+1. The second-order valence-electron chi connectivity index (χ2n) is 11.3. The summed E-state index contributed by atoms with van der Waals surface area (Å²) in [5, 5.41) is 0. The molecule has 0 fully saturated rings. The Morgan fingerprint density at radius 1 is 0.771 bits per heavy atom. The molecule has 0 heterocycles. The van der Waals surface area contributed by atoms with Crippen LogP contribution < -0.4 is 0 Å². The summed E-state index contributed by atoms with van der Waals surface area (Å²) in [5.41, 5.74) is 0. The summed E-state index contributed by atoms with van der Waals surface area (Å²) < 4.78 is 23.2. The molecule has 0 aromatic heterocycles. The van der Waals surface area contributed by atoms with E-state index < -0.39 is 7.82 Å². The fourth-order valence-corrected chi connectivity index (χ4v) is 4.97. The molecule has 0 aliphatic rings. The molecule has 0 aliphatic heterocycles. The number of phosphoric acid groups is 1. The van der Waals surface area contributed by atoms with Crippen molar-refractivity contribution in [2.75, 3.05) is 40.9 Å². The minimum Gasteiger partial charge on any atom is -0.329 e. The van der Waals surface area contributed by atoms with E-state index in [9.17, 15) is 14.3 Å². The lowest BCUT2D eigenvalue weighted by Crippen LogP contribution is -2.37. The van der Waals surface area contributed by atoms with Crippen molar-refractivity contribution < 1.29 is 27.8 Å². The molecule has 0 amide bonds. The SMILES string of the molecule is CCCCCCCCCCCCCCCCCC(COP(=O)(O)OCC[N+](C)(C)C)CC(=O)CC. The van der Waals surface area contributed by atoms with Crippen LogP contribution in [0.3, 0.4) is 0 Å². The molecule has 0 spiro atoms. The quantitative estimate of drug-likeness (QED) is 0.0709. The lowest BCUT2D eigenvalue weighted by atomic mass is 9.95. The average molecular weight is 521 g/mol. The maximum Gasteiger partial charge on any atom is 0.472 e. The molecule has 0 aromatic carbocycles. The first-order chi connectivity index (χ1) is 16.6. The molecule has 7 heteroatoms. The van der Waals surface area contributed by atoms with Crippen LogP contribution in [-0.2, 0) is 18.4 Å². The Balaban J connectivity index is 3.91. The summed E-state index contributed by atoms with van der Waals surface area (Å²) in [4.78, 5) is 21.9. The summed E-state index contributed by atoms with van der Waals surface area (Å²) in [7, 11) is 1.91. The molecule has 0 aromatic rings. The highest BCUT2D eigenvalue weighted by Crippen LogP contribution is 2.44. The lowest BCUT2D eigenvalue weighted by Gasteiger charge is -2.24. The minimum atomic E-state index is -4.08. The van der Waals surface area contributed by atoms with Crippen LogP contribution in [0.5, 0.6) is 0 Å². The maximum atomic E-state index is 12.2. The highest BCUT2D eigenvalue weighted by Gasteiger charge is 2.25. The smallest absolute Gasteiger partial charge is 0.329 e. The Kier molecular flexibility index (Phi) is 21.6. The molecular formula is C28H59NO5P+. The minimum absolute atomic E-state index is 0.0214. The van der Waals surface area contributed by atoms with Gasteiger partial charge in [-0.05, 0) is 12.3 Å². The summed E-state index contributed by atoms with van der Waals surface area (Å²) in [5.74, 6) is 0.158. The number of unbranched alkanes of at least 4 members (excludes halogenated alkanes) is 14. The molecule has 2 unspecified atom stereocenters. The number of hydrogen-bond donors (Lipinski definition) is 1. The topological polar surface area (TPSA) is 72.8 Å². The maximum absolute atomic E-state index is 12.2. The van der Waals surface area contributed by atoms with E-state index in [0.717, 1.165) is 19.3 Å². The van der Waals surface area contributed by atoms with E-state index in [1.54, 1.807) is 0 Å². The molecule has 0 aliphatic carbocycles. The molecule has 2 atom stereocenters. The van der Waals surface area contributed by atoms with Crippen LogP contribution in [0, 0.1) is 5.92 Å². The second-order valence-corrected chi connectivity index (χ2v) is 12.8. The summed E-state index contributed by atoms with van der Waals surface area (Å²) in [6.45, 7) is 5.01. The Bertz CT molecular complexity index is 550. The van der Waals surface area contributed by atoms with Crippen molar-refractivity contribution in [2.24, 2.45) is 5.92 Å². The molecule has 0 bridgehead atoms. The third-order valence-corrected chi connectivity index (χ3v) is 7.60. The molecule has 35 heavy (non-hydrogen) atoms. The number of nitrogens with zero attached hydrogens (tertiary/aromatic N) is 1. The fraction of sp³-hybridized carbons (Fsp3) is 0.964. The van der Waals surface area contributed by atoms with Gasteiger partial charge in [0.05, 0.1) is 27.7 Å². The number of carbonyl (C=O) groups is 1. The predicted octanol–water partition coefficient (Wildman–Crippen LogP) is 8.07. The van der Waals surface area contributed by atoms with E-state index in [1.165, 1.54) is 83.5 Å². The van der Waals surface area contributed by atoms with E-state index >= 15 is 0 Å². The average Bonchev–Trinajstić information content (AvgIpc) is 2.78. The Morgan fingerprint density at radius 2 is 1.23 bits per heavy atom. The number of ketones is 1. The molecule has 6 nitrogen and oxygen atoms in total. The Labute approximate surface area is 217 Å². The first-order valence-electron chi connectivity index (χ1n) is 14.5. The van der Waals surface area contributed by atoms with E-state index in [1.807, 2.05) is 28.1 Å². The van der Waals surface area contributed by atoms with Gasteiger partial charge in [-0.2, -0.15) is 0 Å². The lowest BCUT2D eigenvalue weighted by molar-refractivity contribution is -0.870. The van der Waals surface area contributed by atoms with E-state index in [4.69, 9.17) is 9.05 Å². The molecule has 0 radical (unpaired) electrons. The van der Waals surface area contributed by atoms with Gasteiger partial charge >= 0.3 is 7.82 Å². The van der Waals surface area contributed by atoms with E-state index in [-0.39, 0.29) is 24.9 Å². The summed E-state index contributed by atoms with van der Waals surface area (Å²) >= 11 is 0. The highest BCUT2D eigenvalue weighted by atomic mass is 31.2. The Hall–Kier alpha value is -0.260. The first kappa shape index (κ1) is 34.7. The van der Waals surface area contributed by atoms with Crippen LogP contribution in [0.15, 0.2) is 0 Å². The van der Waals surface area contributed by atoms with Crippen molar-refractivity contribution in [1.82, 2.24) is 0 Å². The molecule has 1 N–H and O–H groups in total. The van der Waals surface area contributed by atoms with Crippen LogP contribution in [0.25, 0.3) is 0 Å². The van der Waals surface area contributed by atoms with E-state index in [2.05, 4.69) is 6.92 Å². The first-order valence-corrected chi connectivity index (χ1v) is 16.0. The molecule has 0 saturated carbocycles. The molecule has 0 rings (SSSR count). The largest absolute Gasteiger partial charge is 0.472 e. The third kappa shape index (κ3) is 25.2. The zero-order valence-electron chi connectivity index (χ0n) is 23.9. The molecule has 210 valence electrons. The van der Waals surface area contributed by atoms with Crippen LogP contribution in [-0.4, -0.2) is 56.1 Å². The predicted molar refractivity (Wildman–Crippen MR) is 148 cm³/mol. The van der Waals surface area contributed by atoms with Crippen molar-refractivity contribution in [3.8, 4) is 0 Å². The summed E-state index contributed by atoms with van der Waals surface area (Å²) in [6, 6.07) is 0. The van der Waals surface area contributed by atoms with Gasteiger partial charge in [0.25, 0.3) is 0 Å². The fourth-order valence-electron chi connectivity index (χ4n) is 4.18. The third-order valence-electron chi connectivity index (χ3n) is 6.62. The normalized spacial score (nSPS) is 14.7. The number of carbonyl (C=O) groups excluding carboxylic acids is 1. The number of hydrogen-bond acceptors (Lipinski definition) is 4. The van der Waals surface area contributed by atoms with Crippen LogP contribution in [0.1, 0.15) is 129 Å². The van der Waals surface area contributed by atoms with Crippen LogP contribution in [0.4, 0.5) is 0 Å². The Morgan fingerprint density at radius 3 is 1.66 bits per heavy atom. The number of rotatable bonds is 26. The number of Topliss-reactive ketones (excluding diaryl/α,β-unsaturated/α-hetero) is 1. The van der Waals surface area contributed by atoms with Gasteiger partial charge in [0.15, 0.2) is 0 Å². The molecule has 0 saturated heterocycles. The van der Waals surface area contributed by atoms with Crippen LogP contribution in [0.2, 0.25) is 0 Å². The van der Waals surface area contributed by atoms with Gasteiger partial charge in [-0.3, -0.25) is 13.8 Å². The monoisotopic (exact) mass is 520 g/mol. The highest BCUT2D eigenvalue weighted by molar-refractivity contribution is 7.47. The van der Waals surface area contributed by atoms with Crippen molar-refractivity contribution in [3.63, 3.8) is 0 Å². The number of phosphoric ester groups is 1. The van der Waals surface area contributed by atoms with Gasteiger partial charge < -0.3 is 9.38 Å². The number of quaternary nitrogens is 1. The van der Waals surface area contributed by atoms with Gasteiger partial charge in [-0.25, -0.2) is 4.57 Å². The second kappa shape index (κ2) is 21.8. The van der Waals surface area contributed by atoms with Crippen molar-refractivity contribution in [2.45, 2.75) is 129 Å². The van der Waals surface area contributed by atoms with E-state index in [0.29, 0.717) is 23.9 Å². The zero-order valence-corrected chi connectivity index (χ0v) is 24.8. The van der Waals surface area contributed by atoms with Gasteiger partial charge in [0.2, 0.25) is 0 Å². The van der Waals surface area contributed by atoms with Gasteiger partial charge in [0, 0.05) is 12.8 Å². The van der Waals surface area contributed by atoms with Crippen molar-refractivity contribution in [3.05, 3.63) is 0 Å². The summed E-state index contributed by atoms with van der Waals surface area (Å²) in [6.07, 6.45) is 21.6. The van der Waals surface area contributed by atoms with Gasteiger partial charge in [-0.1, -0.05) is 110 Å². The van der Waals surface area contributed by atoms with Crippen LogP contribution >= 0.6 is 7.82 Å². The van der Waals surface area contributed by atoms with Gasteiger partial charge in [0.1, 0.15) is 18.9 Å².